The van der Waals surface area contributed by atoms with Crippen LogP contribution in [0.3, 0.4) is 0 Å². The van der Waals surface area contributed by atoms with Crippen molar-refractivity contribution in [3.8, 4) is 0 Å². The molecular weight excluding hydrogens is 598 g/mol. The molecular formula is C25H39N3O16. The van der Waals surface area contributed by atoms with E-state index in [9.17, 15) is 50.1 Å². The number of aliphatic hydroxyl groups is 6. The number of fused-ring (bicyclic) bond motifs is 1. The van der Waals surface area contributed by atoms with E-state index in [4.69, 9.17) is 28.4 Å². The number of nitrogens with one attached hydrogen (secondary N) is 3. The van der Waals surface area contributed by atoms with Crippen LogP contribution in [0.4, 0.5) is 0 Å². The van der Waals surface area contributed by atoms with E-state index in [0.717, 1.165) is 6.92 Å². The fraction of sp³-hybridized carbons (Fsp3) is 0.800. The highest BCUT2D eigenvalue weighted by Crippen LogP contribution is 2.34. The molecule has 0 saturated carbocycles. The molecule has 19 nitrogen and oxygen atoms in total. The molecule has 0 spiro atoms. The first-order valence-electron chi connectivity index (χ1n) is 13.9. The highest BCUT2D eigenvalue weighted by molar-refractivity contribution is 5.76. The van der Waals surface area contributed by atoms with Crippen LogP contribution in [-0.2, 0) is 42.8 Å². The number of carbonyl (C=O) groups is 3. The molecule has 0 aliphatic carbocycles. The van der Waals surface area contributed by atoms with Gasteiger partial charge in [-0.2, -0.15) is 0 Å². The average Bonchev–Trinajstić information content (AvgIpc) is 2.97. The summed E-state index contributed by atoms with van der Waals surface area (Å²) in [6.07, 6.45) is -17.2. The monoisotopic (exact) mass is 637 g/mol. The van der Waals surface area contributed by atoms with Gasteiger partial charge >= 0.3 is 5.97 Å². The summed E-state index contributed by atoms with van der Waals surface area (Å²) >= 11 is 0. The summed E-state index contributed by atoms with van der Waals surface area (Å²) in [5.74, 6) is -2.74. The summed E-state index contributed by atoms with van der Waals surface area (Å²) in [6.45, 7) is 2.37. The van der Waals surface area contributed by atoms with Gasteiger partial charge in [0, 0.05) is 20.0 Å². The van der Waals surface area contributed by atoms with E-state index in [0.29, 0.717) is 0 Å². The second-order valence-corrected chi connectivity index (χ2v) is 10.9. The molecule has 0 radical (unpaired) electrons. The van der Waals surface area contributed by atoms with Gasteiger partial charge in [0.2, 0.25) is 18.1 Å². The number of amides is 2. The molecule has 250 valence electrons. The number of carboxylic acid groups (broad SMARTS) is 1. The van der Waals surface area contributed by atoms with Crippen LogP contribution in [0.1, 0.15) is 20.8 Å². The van der Waals surface area contributed by atoms with Gasteiger partial charge in [-0.05, 0) is 6.92 Å². The van der Waals surface area contributed by atoms with Gasteiger partial charge in [-0.25, -0.2) is 4.79 Å². The molecule has 0 aromatic heterocycles. The number of carboxylic acids is 1. The van der Waals surface area contributed by atoms with Crippen LogP contribution < -0.4 is 16.0 Å². The molecule has 0 aromatic carbocycles. The van der Waals surface area contributed by atoms with E-state index in [1.807, 2.05) is 0 Å². The lowest BCUT2D eigenvalue weighted by atomic mass is 9.92. The van der Waals surface area contributed by atoms with Gasteiger partial charge < -0.3 is 80.1 Å². The number of aliphatic carboxylic acids is 1. The van der Waals surface area contributed by atoms with Crippen molar-refractivity contribution < 1.29 is 78.6 Å². The molecule has 0 aromatic rings. The highest BCUT2D eigenvalue weighted by Gasteiger charge is 2.56. The normalized spacial score (nSPS) is 43.8. The first-order chi connectivity index (χ1) is 20.8. The Morgan fingerprint density at radius 2 is 1.50 bits per heavy atom. The SMILES string of the molecule is CC(=O)N[C@H]1[C@@H](O[C@H]2[C@@H](NC(C)=O)[C@@H]3NC=C(CO)O[C@@H]3O[C@@H]2C(=O)O)O[C@H](CO)[C@@H](O[C@H]2O[C@@H](C)[C@H](O)[C@@H](O)[C@H]2O)[C@@H]1O. The molecule has 3 saturated heterocycles. The Hall–Kier alpha value is -2.69. The van der Waals surface area contributed by atoms with Crippen molar-refractivity contribution in [3.05, 3.63) is 12.0 Å². The van der Waals surface area contributed by atoms with E-state index in [2.05, 4.69) is 16.0 Å². The van der Waals surface area contributed by atoms with Crippen molar-refractivity contribution in [3.63, 3.8) is 0 Å². The zero-order valence-corrected chi connectivity index (χ0v) is 24.0. The van der Waals surface area contributed by atoms with Crippen LogP contribution in [0.25, 0.3) is 0 Å². The lowest BCUT2D eigenvalue weighted by molar-refractivity contribution is -0.353. The van der Waals surface area contributed by atoms with Gasteiger partial charge in [0.05, 0.1) is 18.8 Å². The maximum atomic E-state index is 12.3. The van der Waals surface area contributed by atoms with E-state index in [1.54, 1.807) is 0 Å². The van der Waals surface area contributed by atoms with E-state index in [-0.39, 0.29) is 5.76 Å². The van der Waals surface area contributed by atoms with Gasteiger partial charge in [0.25, 0.3) is 0 Å². The van der Waals surface area contributed by atoms with E-state index in [1.165, 1.54) is 20.0 Å². The second-order valence-electron chi connectivity index (χ2n) is 10.9. The zero-order chi connectivity index (χ0) is 32.5. The Morgan fingerprint density at radius 3 is 2.09 bits per heavy atom. The van der Waals surface area contributed by atoms with E-state index >= 15 is 0 Å². The van der Waals surface area contributed by atoms with Crippen LogP contribution >= 0.6 is 0 Å². The van der Waals surface area contributed by atoms with Crippen LogP contribution in [0.2, 0.25) is 0 Å². The molecule has 4 heterocycles. The van der Waals surface area contributed by atoms with Crippen LogP contribution in [0.5, 0.6) is 0 Å². The Labute approximate surface area is 250 Å². The summed E-state index contributed by atoms with van der Waals surface area (Å²) in [5, 5.41) is 79.5. The molecule has 4 aliphatic heterocycles. The second kappa shape index (κ2) is 14.2. The number of hydrogen-bond acceptors (Lipinski definition) is 16. The molecule has 4 rings (SSSR count). The Kier molecular flexibility index (Phi) is 11.0. The molecule has 3 fully saturated rings. The highest BCUT2D eigenvalue weighted by atomic mass is 16.7. The number of ether oxygens (including phenoxy) is 6. The molecule has 2 amide bonds. The van der Waals surface area contributed by atoms with Crippen molar-refractivity contribution in [2.24, 2.45) is 0 Å². The van der Waals surface area contributed by atoms with Crippen molar-refractivity contribution in [2.75, 3.05) is 13.2 Å². The maximum absolute atomic E-state index is 12.3. The van der Waals surface area contributed by atoms with Crippen molar-refractivity contribution in [2.45, 2.75) is 113 Å². The predicted octanol–water partition coefficient (Wildman–Crippen LogP) is -5.70. The van der Waals surface area contributed by atoms with Crippen LogP contribution in [0.15, 0.2) is 12.0 Å². The average molecular weight is 638 g/mol. The lowest BCUT2D eigenvalue weighted by Crippen LogP contribution is -2.73. The first-order valence-corrected chi connectivity index (χ1v) is 13.9. The zero-order valence-electron chi connectivity index (χ0n) is 24.0. The molecule has 44 heavy (non-hydrogen) atoms. The fourth-order valence-electron chi connectivity index (χ4n) is 5.54. The first kappa shape index (κ1) is 34.2. The minimum atomic E-state index is -1.81. The van der Waals surface area contributed by atoms with E-state index < -0.39 is 123 Å². The van der Waals surface area contributed by atoms with Gasteiger partial charge in [0.15, 0.2) is 18.7 Å². The van der Waals surface area contributed by atoms with Crippen LogP contribution in [0, 0.1) is 0 Å². The lowest BCUT2D eigenvalue weighted by Gasteiger charge is -2.50. The molecule has 15 atom stereocenters. The maximum Gasteiger partial charge on any atom is 0.335 e. The summed E-state index contributed by atoms with van der Waals surface area (Å²) in [7, 11) is 0. The van der Waals surface area contributed by atoms with Crippen molar-refractivity contribution in [1.82, 2.24) is 16.0 Å². The minimum absolute atomic E-state index is 0.0427. The summed E-state index contributed by atoms with van der Waals surface area (Å²) in [5.41, 5.74) is 0. The third kappa shape index (κ3) is 7.07. The third-order valence-electron chi connectivity index (χ3n) is 7.70. The quantitative estimate of drug-likeness (QED) is 0.113. The third-order valence-corrected chi connectivity index (χ3v) is 7.70. The minimum Gasteiger partial charge on any atom is -0.479 e. The molecule has 0 bridgehead atoms. The van der Waals surface area contributed by atoms with Gasteiger partial charge in [0.1, 0.15) is 67.2 Å². The smallest absolute Gasteiger partial charge is 0.335 e. The van der Waals surface area contributed by atoms with Crippen molar-refractivity contribution >= 4 is 17.8 Å². The molecule has 19 heteroatoms. The summed E-state index contributed by atoms with van der Waals surface area (Å²) in [4.78, 5) is 36.7. The van der Waals surface area contributed by atoms with Gasteiger partial charge in [-0.15, -0.1) is 0 Å². The Balaban J connectivity index is 1.63. The molecule has 0 unspecified atom stereocenters. The summed E-state index contributed by atoms with van der Waals surface area (Å²) in [6, 6.07) is -3.61. The Bertz CT molecular complexity index is 1080. The number of carbonyl (C=O) groups excluding carboxylic acids is 2. The number of rotatable bonds is 9. The summed E-state index contributed by atoms with van der Waals surface area (Å²) < 4.78 is 34.2. The topological polar surface area (TPSA) is 284 Å². The standard InChI is InChI=1S/C25H39N3O16/c1-7-15(33)17(35)18(36)25(39-7)42-19-11(6-30)41-24(14(16(19)34)28-9(3)32)43-20-12(27-8(2)31)13-23(44-21(20)22(37)38)40-10(5-29)4-26-13/h4,7,11-21,23-26,29-30,33-36H,5-6H2,1-3H3,(H,27,31)(H,28,32)(H,37,38)/t7-,11+,12-,13-,14+,15-,16+,17+,18+,19+,20-,21-,23+,24+,25+/m0/s1. The largest absolute Gasteiger partial charge is 0.479 e. The Morgan fingerprint density at radius 1 is 0.864 bits per heavy atom. The molecule has 10 N–H and O–H groups in total. The van der Waals surface area contributed by atoms with Gasteiger partial charge in [-0.3, -0.25) is 9.59 Å². The van der Waals surface area contributed by atoms with Gasteiger partial charge in [-0.1, -0.05) is 0 Å². The van der Waals surface area contributed by atoms with Crippen LogP contribution in [-0.4, -0.2) is 159 Å². The molecule has 4 aliphatic rings. The fourth-order valence-corrected chi connectivity index (χ4v) is 5.54. The predicted molar refractivity (Wildman–Crippen MR) is 139 cm³/mol. The van der Waals surface area contributed by atoms with Crippen molar-refractivity contribution in [1.29, 1.82) is 0 Å². The number of hydrogen-bond donors (Lipinski definition) is 10. The number of aliphatic hydroxyl groups excluding tert-OH is 6.